The van der Waals surface area contributed by atoms with Gasteiger partial charge in [-0.05, 0) is 145 Å². The molecule has 1 N–H and O–H groups in total. The molecule has 0 fully saturated rings. The van der Waals surface area contributed by atoms with Crippen LogP contribution in [0.4, 0.5) is 0 Å². The number of hydrogen-bond acceptors (Lipinski definition) is 12. The molecule has 64 heavy (non-hydrogen) atoms. The smallest absolute Gasteiger partial charge is 0.336 e. The van der Waals surface area contributed by atoms with Gasteiger partial charge in [0.15, 0.2) is 11.5 Å². The molecule has 1 aliphatic carbocycles. The Hall–Kier alpha value is -6.79. The predicted molar refractivity (Wildman–Crippen MR) is 245 cm³/mol. The maximum absolute atomic E-state index is 12.9. The first kappa shape index (κ1) is 48.2. The van der Waals surface area contributed by atoms with Crippen molar-refractivity contribution in [1.29, 1.82) is 0 Å². The molecule has 1 unspecified atom stereocenters. The number of hydrogen-bond donors (Lipinski definition) is 1. The quantitative estimate of drug-likeness (QED) is 0.0145. The number of fused-ring (bicyclic) bond motifs is 3. The van der Waals surface area contributed by atoms with E-state index in [1.807, 2.05) is 60.7 Å². The minimum Gasteiger partial charge on any atom is -0.493 e. The molecule has 12 heteroatoms. The van der Waals surface area contributed by atoms with Crippen LogP contribution in [0, 0.1) is 0 Å². The van der Waals surface area contributed by atoms with Gasteiger partial charge in [-0.1, -0.05) is 44.3 Å². The van der Waals surface area contributed by atoms with Crippen molar-refractivity contribution in [3.05, 3.63) is 138 Å². The van der Waals surface area contributed by atoms with Gasteiger partial charge in [0, 0.05) is 29.7 Å². The number of unbranched alkanes of at least 4 members (excludes halogenated alkanes) is 6. The van der Waals surface area contributed by atoms with Gasteiger partial charge in [-0.3, -0.25) is 0 Å². The summed E-state index contributed by atoms with van der Waals surface area (Å²) in [5, 5.41) is 9.95. The molecule has 338 valence electrons. The third kappa shape index (κ3) is 14.9. The van der Waals surface area contributed by atoms with Crippen LogP contribution < -0.4 is 23.7 Å². The van der Waals surface area contributed by atoms with Crippen LogP contribution in [0.5, 0.6) is 28.7 Å². The van der Waals surface area contributed by atoms with Crippen LogP contribution in [0.2, 0.25) is 0 Å². The molecule has 5 rings (SSSR count). The number of aliphatic hydroxyl groups is 1. The Kier molecular flexibility index (Phi) is 19.6. The maximum Gasteiger partial charge on any atom is 0.336 e. The highest BCUT2D eigenvalue weighted by Gasteiger charge is 2.26. The number of methoxy groups -OCH3 is 1. The molecule has 0 saturated carbocycles. The average Bonchev–Trinajstić information content (AvgIpc) is 3.59. The van der Waals surface area contributed by atoms with Gasteiger partial charge in [0.1, 0.15) is 17.2 Å². The predicted octanol–water partition coefficient (Wildman–Crippen LogP) is 10.3. The number of carbonyl (C=O) groups excluding carboxylic acids is 3. The molecular formula is C52H58O12. The number of ether oxygens (including phenoxy) is 8. The number of benzene rings is 4. The fourth-order valence-electron chi connectivity index (χ4n) is 7.01. The second kappa shape index (κ2) is 26.0. The summed E-state index contributed by atoms with van der Waals surface area (Å²) in [6.45, 7) is 10.5. The van der Waals surface area contributed by atoms with Gasteiger partial charge in [0.25, 0.3) is 0 Å². The van der Waals surface area contributed by atoms with E-state index in [4.69, 9.17) is 37.9 Å². The first-order valence-electron chi connectivity index (χ1n) is 21.6. The van der Waals surface area contributed by atoms with Crippen LogP contribution in [-0.2, 0) is 35.2 Å². The van der Waals surface area contributed by atoms with E-state index in [2.05, 4.69) is 20.1 Å². The molecule has 0 bridgehead atoms. The van der Waals surface area contributed by atoms with Crippen molar-refractivity contribution in [3.8, 4) is 39.9 Å². The van der Waals surface area contributed by atoms with E-state index in [1.54, 1.807) is 37.6 Å². The van der Waals surface area contributed by atoms with Crippen molar-refractivity contribution < 1.29 is 57.4 Å². The van der Waals surface area contributed by atoms with Crippen molar-refractivity contribution >= 4 is 30.1 Å². The number of rotatable bonds is 28. The molecule has 0 aromatic heterocycles. The Morgan fingerprint density at radius 1 is 0.609 bits per heavy atom. The minimum atomic E-state index is -0.523. The highest BCUT2D eigenvalue weighted by Crippen LogP contribution is 2.47. The van der Waals surface area contributed by atoms with Crippen molar-refractivity contribution in [3.63, 3.8) is 0 Å². The van der Waals surface area contributed by atoms with Crippen LogP contribution in [0.1, 0.15) is 92.0 Å². The summed E-state index contributed by atoms with van der Waals surface area (Å²) < 4.78 is 44.6. The Bertz CT molecular complexity index is 2260. The van der Waals surface area contributed by atoms with E-state index in [1.165, 1.54) is 12.2 Å². The summed E-state index contributed by atoms with van der Waals surface area (Å²) in [5.41, 5.74) is 6.52. The van der Waals surface area contributed by atoms with Crippen LogP contribution in [0.25, 0.3) is 23.3 Å². The topological polar surface area (TPSA) is 145 Å². The Labute approximate surface area is 375 Å². The molecule has 0 heterocycles. The molecule has 12 nitrogen and oxygen atoms in total. The summed E-state index contributed by atoms with van der Waals surface area (Å²) in [4.78, 5) is 35.1. The first-order chi connectivity index (χ1) is 31.2. The second-order valence-corrected chi connectivity index (χ2v) is 14.9. The van der Waals surface area contributed by atoms with Gasteiger partial charge < -0.3 is 43.0 Å². The van der Waals surface area contributed by atoms with Crippen molar-refractivity contribution in [2.45, 2.75) is 70.8 Å². The number of aliphatic hydroxyl groups excluding tert-OH is 1. The maximum atomic E-state index is 12.9. The lowest BCUT2D eigenvalue weighted by atomic mass is 9.99. The van der Waals surface area contributed by atoms with Crippen molar-refractivity contribution in [1.82, 2.24) is 0 Å². The van der Waals surface area contributed by atoms with Gasteiger partial charge in [-0.15, -0.1) is 0 Å². The fourth-order valence-corrected chi connectivity index (χ4v) is 7.01. The second-order valence-electron chi connectivity index (χ2n) is 14.9. The molecule has 1 atom stereocenters. The Balaban J connectivity index is 1.03. The molecular weight excluding hydrogens is 817 g/mol. The van der Waals surface area contributed by atoms with Crippen LogP contribution in [0.15, 0.2) is 110 Å². The highest BCUT2D eigenvalue weighted by atomic mass is 16.7. The van der Waals surface area contributed by atoms with Gasteiger partial charge in [0.2, 0.25) is 6.79 Å². The standard InChI is InChI=1S/C52H58O12/c1-5-50(54)61-28-13-9-7-11-26-59-47-22-15-38(31-40(47)35-53)17-24-52(56)64-42-19-21-44-43-20-18-41(33-45(43)37(3)46(44)34-42)63-36-58-30-25-39-16-23-48(49(32-39)57-4)60-27-12-8-10-14-29-62-51(55)6-2/h5-6,15-25,30-34,37,53H,1-2,7-14,26-29,35-36H2,3-4H3. The Morgan fingerprint density at radius 2 is 1.17 bits per heavy atom. The third-order valence-electron chi connectivity index (χ3n) is 10.4. The molecule has 0 amide bonds. The van der Waals surface area contributed by atoms with E-state index >= 15 is 0 Å². The lowest BCUT2D eigenvalue weighted by Crippen LogP contribution is -2.04. The van der Waals surface area contributed by atoms with E-state index < -0.39 is 17.9 Å². The summed E-state index contributed by atoms with van der Waals surface area (Å²) >= 11 is 0. The van der Waals surface area contributed by atoms with Gasteiger partial charge in [0.05, 0.1) is 46.4 Å². The molecule has 1 aliphatic rings. The van der Waals surface area contributed by atoms with E-state index in [0.29, 0.717) is 60.7 Å². The molecule has 0 aliphatic heterocycles. The van der Waals surface area contributed by atoms with Crippen LogP contribution in [-0.4, -0.2) is 63.3 Å². The Morgan fingerprint density at radius 3 is 1.78 bits per heavy atom. The van der Waals surface area contributed by atoms with Crippen molar-refractivity contribution in [2.75, 3.05) is 40.3 Å². The summed E-state index contributed by atoms with van der Waals surface area (Å²) in [6, 6.07) is 22.7. The third-order valence-corrected chi connectivity index (χ3v) is 10.4. The number of carbonyl (C=O) groups is 3. The fraction of sp³-hybridized carbons (Fsp3) is 0.327. The zero-order chi connectivity index (χ0) is 45.5. The van der Waals surface area contributed by atoms with Crippen LogP contribution >= 0.6 is 0 Å². The number of esters is 3. The van der Waals surface area contributed by atoms with Crippen molar-refractivity contribution in [2.24, 2.45) is 0 Å². The van der Waals surface area contributed by atoms with Gasteiger partial charge >= 0.3 is 17.9 Å². The zero-order valence-corrected chi connectivity index (χ0v) is 36.7. The molecule has 0 radical (unpaired) electrons. The highest BCUT2D eigenvalue weighted by molar-refractivity contribution is 5.89. The van der Waals surface area contributed by atoms with Crippen LogP contribution in [0.3, 0.4) is 0 Å². The van der Waals surface area contributed by atoms with E-state index in [-0.39, 0.29) is 19.3 Å². The monoisotopic (exact) mass is 874 g/mol. The first-order valence-corrected chi connectivity index (χ1v) is 21.6. The molecule has 0 spiro atoms. The molecule has 4 aromatic carbocycles. The normalized spacial score (nSPS) is 12.6. The molecule has 0 saturated heterocycles. The van der Waals surface area contributed by atoms with Gasteiger partial charge in [-0.2, -0.15) is 0 Å². The molecule has 4 aromatic rings. The lowest BCUT2D eigenvalue weighted by molar-refractivity contribution is -0.138. The minimum absolute atomic E-state index is 0.0127. The SMILES string of the molecule is C=CC(=O)OCCCCCCOc1ccc(C=CC(=O)Oc2ccc3c(c2)C(C)c2cc(OCOC=Cc4ccc(OCCCCCCOC(=O)C=C)c(OC)c4)ccc2-3)cc1CO. The summed E-state index contributed by atoms with van der Waals surface area (Å²) in [5.74, 6) is 1.69. The lowest BCUT2D eigenvalue weighted by Gasteiger charge is -2.11. The summed E-state index contributed by atoms with van der Waals surface area (Å²) in [6.07, 6.45) is 15.7. The zero-order valence-electron chi connectivity index (χ0n) is 36.7. The average molecular weight is 875 g/mol. The summed E-state index contributed by atoms with van der Waals surface area (Å²) in [7, 11) is 1.60. The largest absolute Gasteiger partial charge is 0.493 e. The van der Waals surface area contributed by atoms with E-state index in [0.717, 1.165) is 90.8 Å². The van der Waals surface area contributed by atoms with E-state index in [9.17, 15) is 19.5 Å². The van der Waals surface area contributed by atoms with Gasteiger partial charge in [-0.25, -0.2) is 14.4 Å².